The van der Waals surface area contributed by atoms with E-state index in [2.05, 4.69) is 52.4 Å². The maximum Gasteiger partial charge on any atom is 0.0769 e. The van der Waals surface area contributed by atoms with Crippen LogP contribution in [0.5, 0.6) is 0 Å². The molecule has 2 heterocycles. The predicted molar refractivity (Wildman–Crippen MR) is 72.2 cm³/mol. The summed E-state index contributed by atoms with van der Waals surface area (Å²) in [5.41, 5.74) is 1.89. The van der Waals surface area contributed by atoms with Gasteiger partial charge in [0, 0.05) is 34.4 Å². The third kappa shape index (κ3) is 3.83. The van der Waals surface area contributed by atoms with Gasteiger partial charge in [-0.15, -0.1) is 0 Å². The molecule has 17 heavy (non-hydrogen) atoms. The van der Waals surface area contributed by atoms with Gasteiger partial charge in [0.25, 0.3) is 0 Å². The van der Waals surface area contributed by atoms with E-state index in [9.17, 15) is 0 Å². The molecule has 0 aliphatic carbocycles. The van der Waals surface area contributed by atoms with Gasteiger partial charge in [-0.1, -0.05) is 0 Å². The standard InChI is InChI=1S/C11H10Br2N4/c12-8-4-10(13)11(15-5-8)7-14-6-9-2-1-3-16-17-9/h1-5,14H,6-7H2. The van der Waals surface area contributed by atoms with Crippen molar-refractivity contribution in [3.05, 3.63) is 50.9 Å². The monoisotopic (exact) mass is 356 g/mol. The molecule has 0 bridgehead atoms. The van der Waals surface area contributed by atoms with Crippen LogP contribution >= 0.6 is 31.9 Å². The zero-order valence-electron chi connectivity index (χ0n) is 8.90. The lowest BCUT2D eigenvalue weighted by Gasteiger charge is -2.05. The first-order valence-corrected chi connectivity index (χ1v) is 6.61. The molecule has 0 aliphatic rings. The normalized spacial score (nSPS) is 10.5. The maximum absolute atomic E-state index is 4.32. The van der Waals surface area contributed by atoms with Crippen molar-refractivity contribution in [3.8, 4) is 0 Å². The average molecular weight is 358 g/mol. The Kier molecular flexibility index (Phi) is 4.58. The number of halogens is 2. The first-order chi connectivity index (χ1) is 8.25. The van der Waals surface area contributed by atoms with E-state index >= 15 is 0 Å². The van der Waals surface area contributed by atoms with Gasteiger partial charge in [-0.3, -0.25) is 4.98 Å². The second-order valence-corrected chi connectivity index (χ2v) is 5.17. The van der Waals surface area contributed by atoms with E-state index in [-0.39, 0.29) is 0 Å². The Bertz CT molecular complexity index is 490. The number of rotatable bonds is 4. The summed E-state index contributed by atoms with van der Waals surface area (Å²) in [6.45, 7) is 1.36. The molecule has 6 heteroatoms. The molecule has 0 fully saturated rings. The largest absolute Gasteiger partial charge is 0.305 e. The summed E-state index contributed by atoms with van der Waals surface area (Å²) >= 11 is 6.84. The van der Waals surface area contributed by atoms with Gasteiger partial charge in [-0.2, -0.15) is 10.2 Å². The lowest BCUT2D eigenvalue weighted by molar-refractivity contribution is 0.657. The Labute approximate surface area is 116 Å². The van der Waals surface area contributed by atoms with Crippen molar-refractivity contribution in [2.45, 2.75) is 13.1 Å². The Morgan fingerprint density at radius 1 is 1.24 bits per heavy atom. The summed E-state index contributed by atoms with van der Waals surface area (Å²) in [5, 5.41) is 11.1. The average Bonchev–Trinajstić information content (AvgIpc) is 2.33. The highest BCUT2D eigenvalue weighted by atomic mass is 79.9. The zero-order valence-corrected chi connectivity index (χ0v) is 12.1. The Morgan fingerprint density at radius 2 is 2.12 bits per heavy atom. The van der Waals surface area contributed by atoms with Gasteiger partial charge in [0.05, 0.1) is 11.4 Å². The first kappa shape index (κ1) is 12.6. The second-order valence-electron chi connectivity index (χ2n) is 3.40. The molecule has 2 aromatic heterocycles. The molecule has 2 rings (SSSR count). The molecule has 2 aromatic rings. The van der Waals surface area contributed by atoms with Crippen molar-refractivity contribution in [2.24, 2.45) is 0 Å². The summed E-state index contributed by atoms with van der Waals surface area (Å²) in [4.78, 5) is 4.32. The molecule has 0 saturated carbocycles. The smallest absolute Gasteiger partial charge is 0.0769 e. The van der Waals surface area contributed by atoms with Crippen molar-refractivity contribution in [1.82, 2.24) is 20.5 Å². The molecule has 0 spiro atoms. The van der Waals surface area contributed by atoms with Crippen LogP contribution in [0.4, 0.5) is 0 Å². The minimum absolute atomic E-state index is 0.679. The summed E-state index contributed by atoms with van der Waals surface area (Å²) in [5.74, 6) is 0. The summed E-state index contributed by atoms with van der Waals surface area (Å²) < 4.78 is 1.94. The van der Waals surface area contributed by atoms with Crippen molar-refractivity contribution in [3.63, 3.8) is 0 Å². The molecule has 0 unspecified atom stereocenters. The first-order valence-electron chi connectivity index (χ1n) is 5.03. The van der Waals surface area contributed by atoms with E-state index in [1.165, 1.54) is 0 Å². The second kappa shape index (κ2) is 6.18. The van der Waals surface area contributed by atoms with Crippen molar-refractivity contribution >= 4 is 31.9 Å². The molecule has 4 nitrogen and oxygen atoms in total. The molecule has 88 valence electrons. The molecule has 0 saturated heterocycles. The molecule has 1 N–H and O–H groups in total. The van der Waals surface area contributed by atoms with E-state index in [4.69, 9.17) is 0 Å². The molecule has 0 amide bonds. The lowest BCUT2D eigenvalue weighted by atomic mass is 10.3. The number of aromatic nitrogens is 3. The van der Waals surface area contributed by atoms with Crippen LogP contribution in [0.15, 0.2) is 39.5 Å². The Balaban J connectivity index is 1.90. The number of pyridine rings is 1. The highest BCUT2D eigenvalue weighted by molar-refractivity contribution is 9.11. The van der Waals surface area contributed by atoms with Crippen molar-refractivity contribution in [2.75, 3.05) is 0 Å². The molecule has 0 atom stereocenters. The van der Waals surface area contributed by atoms with Gasteiger partial charge in [-0.05, 0) is 50.1 Å². The minimum atomic E-state index is 0.679. The highest BCUT2D eigenvalue weighted by Crippen LogP contribution is 2.19. The summed E-state index contributed by atoms with van der Waals surface area (Å²) in [6, 6.07) is 5.79. The van der Waals surface area contributed by atoms with Gasteiger partial charge < -0.3 is 5.32 Å². The van der Waals surface area contributed by atoms with Crippen LogP contribution in [-0.4, -0.2) is 15.2 Å². The summed E-state index contributed by atoms with van der Waals surface area (Å²) in [6.07, 6.45) is 3.44. The molecule has 0 aliphatic heterocycles. The molecule has 0 radical (unpaired) electrons. The fraction of sp³-hybridized carbons (Fsp3) is 0.182. The third-order valence-electron chi connectivity index (χ3n) is 2.11. The number of hydrogen-bond donors (Lipinski definition) is 1. The van der Waals surface area contributed by atoms with Crippen LogP contribution in [0, 0.1) is 0 Å². The predicted octanol–water partition coefficient (Wildman–Crippen LogP) is 2.69. The van der Waals surface area contributed by atoms with E-state index in [0.29, 0.717) is 13.1 Å². The fourth-order valence-electron chi connectivity index (χ4n) is 1.31. The molecule has 0 aromatic carbocycles. The fourth-order valence-corrected chi connectivity index (χ4v) is 2.44. The SMILES string of the molecule is Brc1cnc(CNCc2cccnn2)c(Br)c1. The quantitative estimate of drug-likeness (QED) is 0.913. The number of nitrogens with one attached hydrogen (secondary N) is 1. The van der Waals surface area contributed by atoms with Crippen LogP contribution in [0.3, 0.4) is 0 Å². The molecular weight excluding hydrogens is 348 g/mol. The van der Waals surface area contributed by atoms with Crippen molar-refractivity contribution < 1.29 is 0 Å². The topological polar surface area (TPSA) is 50.7 Å². The van der Waals surface area contributed by atoms with Crippen LogP contribution in [-0.2, 0) is 13.1 Å². The van der Waals surface area contributed by atoms with Gasteiger partial charge in [0.15, 0.2) is 0 Å². The third-order valence-corrected chi connectivity index (χ3v) is 3.23. The van der Waals surface area contributed by atoms with Crippen LogP contribution in [0.25, 0.3) is 0 Å². The van der Waals surface area contributed by atoms with E-state index < -0.39 is 0 Å². The maximum atomic E-state index is 4.32. The van der Waals surface area contributed by atoms with Crippen LogP contribution in [0.1, 0.15) is 11.4 Å². The lowest BCUT2D eigenvalue weighted by Crippen LogP contribution is -2.15. The van der Waals surface area contributed by atoms with E-state index in [0.717, 1.165) is 20.3 Å². The highest BCUT2D eigenvalue weighted by Gasteiger charge is 2.02. The number of nitrogens with zero attached hydrogens (tertiary/aromatic N) is 3. The van der Waals surface area contributed by atoms with Gasteiger partial charge in [0.1, 0.15) is 0 Å². The van der Waals surface area contributed by atoms with Crippen molar-refractivity contribution in [1.29, 1.82) is 0 Å². The van der Waals surface area contributed by atoms with E-state index in [1.54, 1.807) is 12.4 Å². The van der Waals surface area contributed by atoms with Gasteiger partial charge >= 0.3 is 0 Å². The number of hydrogen-bond acceptors (Lipinski definition) is 4. The van der Waals surface area contributed by atoms with Gasteiger partial charge in [0.2, 0.25) is 0 Å². The molecular formula is C11H10Br2N4. The summed E-state index contributed by atoms with van der Waals surface area (Å²) in [7, 11) is 0. The Hall–Kier alpha value is -0.850. The van der Waals surface area contributed by atoms with Crippen LogP contribution in [0.2, 0.25) is 0 Å². The minimum Gasteiger partial charge on any atom is -0.305 e. The van der Waals surface area contributed by atoms with Gasteiger partial charge in [-0.25, -0.2) is 0 Å². The Morgan fingerprint density at radius 3 is 2.82 bits per heavy atom. The van der Waals surface area contributed by atoms with E-state index in [1.807, 2.05) is 18.2 Å². The zero-order chi connectivity index (χ0) is 12.1. The van der Waals surface area contributed by atoms with Crippen LogP contribution < -0.4 is 5.32 Å².